The van der Waals surface area contributed by atoms with Crippen molar-refractivity contribution < 1.29 is 33.9 Å². The van der Waals surface area contributed by atoms with Crippen molar-refractivity contribution in [2.24, 2.45) is 11.7 Å². The van der Waals surface area contributed by atoms with Crippen molar-refractivity contribution in [1.29, 1.82) is 0 Å². The van der Waals surface area contributed by atoms with Crippen molar-refractivity contribution in [3.63, 3.8) is 0 Å². The van der Waals surface area contributed by atoms with Gasteiger partial charge in [-0.05, 0) is 30.4 Å². The summed E-state index contributed by atoms with van der Waals surface area (Å²) in [7, 11) is 0. The van der Waals surface area contributed by atoms with E-state index >= 15 is 0 Å². The molecule has 0 fully saturated rings. The zero-order valence-corrected chi connectivity index (χ0v) is 25.2. The molecular formula is C31H42N6O7. The maximum absolute atomic E-state index is 13.0. The highest BCUT2D eigenvalue weighted by atomic mass is 16.4. The summed E-state index contributed by atoms with van der Waals surface area (Å²) < 4.78 is 0. The molecule has 5 unspecified atom stereocenters. The first kappa shape index (κ1) is 35.4. The molecule has 8 N–H and O–H groups in total. The lowest BCUT2D eigenvalue weighted by atomic mass is 9.98. The first-order valence-corrected chi connectivity index (χ1v) is 14.4. The van der Waals surface area contributed by atoms with Gasteiger partial charge in [-0.1, -0.05) is 80.9 Å². The molecule has 0 saturated heterocycles. The van der Waals surface area contributed by atoms with Crippen LogP contribution in [0, 0.1) is 5.92 Å². The zero-order valence-electron chi connectivity index (χ0n) is 25.2. The van der Waals surface area contributed by atoms with Gasteiger partial charge >= 0.3 is 5.97 Å². The highest BCUT2D eigenvalue weighted by Crippen LogP contribution is 2.09. The first-order valence-electron chi connectivity index (χ1n) is 14.4. The third-order valence-corrected chi connectivity index (χ3v) is 6.96. The van der Waals surface area contributed by atoms with Crippen LogP contribution in [0.4, 0.5) is 0 Å². The van der Waals surface area contributed by atoms with Crippen LogP contribution < -0.4 is 32.3 Å². The van der Waals surface area contributed by atoms with E-state index in [1.54, 1.807) is 37.3 Å². The fraction of sp³-hybridized carbons (Fsp3) is 0.419. The minimum atomic E-state index is -1.22. The Labute approximate surface area is 256 Å². The smallest absolute Gasteiger partial charge is 0.326 e. The summed E-state index contributed by atoms with van der Waals surface area (Å²) in [6.07, 6.45) is 0.887. The maximum Gasteiger partial charge on any atom is 0.326 e. The third-order valence-electron chi connectivity index (χ3n) is 6.96. The molecule has 0 aliphatic heterocycles. The summed E-state index contributed by atoms with van der Waals surface area (Å²) in [5, 5.41) is 21.8. The van der Waals surface area contributed by atoms with Crippen LogP contribution in [0.5, 0.6) is 0 Å². The summed E-state index contributed by atoms with van der Waals surface area (Å²) in [4.78, 5) is 74.5. The van der Waals surface area contributed by atoms with E-state index in [1.807, 2.05) is 37.3 Å². The minimum absolute atomic E-state index is 0.0647. The van der Waals surface area contributed by atoms with Crippen LogP contribution in [-0.4, -0.2) is 77.9 Å². The van der Waals surface area contributed by atoms with Gasteiger partial charge in [0.1, 0.15) is 18.1 Å². The molecule has 5 amide bonds. The number of hydrogen-bond donors (Lipinski definition) is 7. The monoisotopic (exact) mass is 610 g/mol. The first-order chi connectivity index (χ1) is 20.9. The van der Waals surface area contributed by atoms with Crippen LogP contribution in [0.3, 0.4) is 0 Å². The standard InChI is InChI=1S/C31H42N6O7/c1-4-19(2)27(37-26(39)18-34-29(41)23(32)15-21-11-7-5-8-12-21)30(42)35-20(3)28(40)33-17-25(38)36-24(31(43)44)16-22-13-9-6-10-14-22/h5-14,19-20,23-24,27H,4,15-18,32H2,1-3H3,(H,33,40)(H,34,41)(H,35,42)(H,36,38)(H,37,39)(H,43,44). The fourth-order valence-corrected chi connectivity index (χ4v) is 4.17. The highest BCUT2D eigenvalue weighted by Gasteiger charge is 2.29. The molecule has 2 aromatic rings. The van der Waals surface area contributed by atoms with Gasteiger partial charge in [0, 0.05) is 6.42 Å². The molecule has 13 heteroatoms. The van der Waals surface area contributed by atoms with E-state index in [0.717, 1.165) is 11.1 Å². The van der Waals surface area contributed by atoms with Crippen LogP contribution in [0.2, 0.25) is 0 Å². The van der Waals surface area contributed by atoms with Crippen molar-refractivity contribution in [2.75, 3.05) is 13.1 Å². The average molecular weight is 611 g/mol. The number of rotatable bonds is 17. The van der Waals surface area contributed by atoms with E-state index in [1.165, 1.54) is 6.92 Å². The van der Waals surface area contributed by atoms with Gasteiger partial charge in [-0.25, -0.2) is 4.79 Å². The van der Waals surface area contributed by atoms with Gasteiger partial charge in [-0.15, -0.1) is 0 Å². The molecule has 238 valence electrons. The molecule has 0 heterocycles. The Balaban J connectivity index is 1.84. The Bertz CT molecular complexity index is 1270. The van der Waals surface area contributed by atoms with Crippen LogP contribution in [0.25, 0.3) is 0 Å². The number of carbonyl (C=O) groups excluding carboxylic acids is 5. The molecule has 2 aromatic carbocycles. The summed E-state index contributed by atoms with van der Waals surface area (Å²) in [5.41, 5.74) is 7.55. The largest absolute Gasteiger partial charge is 0.480 e. The van der Waals surface area contributed by atoms with Gasteiger partial charge < -0.3 is 37.4 Å². The molecule has 2 rings (SSSR count). The van der Waals surface area contributed by atoms with E-state index < -0.39 is 72.8 Å². The Hall–Kier alpha value is -4.78. The van der Waals surface area contributed by atoms with Crippen LogP contribution in [-0.2, 0) is 41.6 Å². The van der Waals surface area contributed by atoms with Gasteiger partial charge in [-0.2, -0.15) is 0 Å². The lowest BCUT2D eigenvalue weighted by Crippen LogP contribution is -2.57. The summed E-state index contributed by atoms with van der Waals surface area (Å²) in [6.45, 7) is 4.09. The third kappa shape index (κ3) is 12.2. The molecule has 13 nitrogen and oxygen atoms in total. The Morgan fingerprint density at radius 1 is 0.705 bits per heavy atom. The molecule has 0 spiro atoms. The van der Waals surface area contributed by atoms with Gasteiger partial charge in [0.2, 0.25) is 29.5 Å². The second-order valence-electron chi connectivity index (χ2n) is 10.5. The predicted octanol–water partition coefficient (Wildman–Crippen LogP) is -0.363. The second kappa shape index (κ2) is 18.0. The van der Waals surface area contributed by atoms with Crippen LogP contribution in [0.1, 0.15) is 38.3 Å². The number of hydrogen-bond acceptors (Lipinski definition) is 7. The number of carbonyl (C=O) groups is 6. The molecule has 5 atom stereocenters. The predicted molar refractivity (Wildman–Crippen MR) is 163 cm³/mol. The fourth-order valence-electron chi connectivity index (χ4n) is 4.17. The molecular weight excluding hydrogens is 568 g/mol. The van der Waals surface area contributed by atoms with Crippen molar-refractivity contribution in [3.05, 3.63) is 71.8 Å². The Kier molecular flexibility index (Phi) is 14.5. The van der Waals surface area contributed by atoms with Crippen molar-refractivity contribution in [3.8, 4) is 0 Å². The minimum Gasteiger partial charge on any atom is -0.480 e. The molecule has 0 aromatic heterocycles. The topological polar surface area (TPSA) is 209 Å². The lowest BCUT2D eigenvalue weighted by molar-refractivity contribution is -0.141. The second-order valence-corrected chi connectivity index (χ2v) is 10.5. The maximum atomic E-state index is 13.0. The SMILES string of the molecule is CCC(C)C(NC(=O)CNC(=O)C(N)Cc1ccccc1)C(=O)NC(C)C(=O)NCC(=O)NC(Cc1ccccc1)C(=O)O. The zero-order chi connectivity index (χ0) is 32.6. The number of amides is 5. The van der Waals surface area contributed by atoms with Crippen molar-refractivity contribution in [2.45, 2.75) is 64.2 Å². The van der Waals surface area contributed by atoms with E-state index in [9.17, 15) is 33.9 Å². The van der Waals surface area contributed by atoms with Crippen molar-refractivity contribution in [1.82, 2.24) is 26.6 Å². The van der Waals surface area contributed by atoms with Crippen molar-refractivity contribution >= 4 is 35.5 Å². The quantitative estimate of drug-likeness (QED) is 0.125. The molecule has 44 heavy (non-hydrogen) atoms. The van der Waals surface area contributed by atoms with E-state index in [2.05, 4.69) is 26.6 Å². The average Bonchev–Trinajstić information content (AvgIpc) is 3.01. The number of benzene rings is 2. The summed E-state index contributed by atoms with van der Waals surface area (Å²) >= 11 is 0. The summed E-state index contributed by atoms with van der Waals surface area (Å²) in [6, 6.07) is 13.8. The number of carboxylic acid groups (broad SMARTS) is 1. The highest BCUT2D eigenvalue weighted by molar-refractivity contribution is 5.94. The van der Waals surface area contributed by atoms with Gasteiger partial charge in [-0.3, -0.25) is 24.0 Å². The van der Waals surface area contributed by atoms with Gasteiger partial charge in [0.25, 0.3) is 0 Å². The lowest BCUT2D eigenvalue weighted by Gasteiger charge is -2.25. The molecule has 0 bridgehead atoms. The molecule has 0 aliphatic rings. The molecule has 0 radical (unpaired) electrons. The van der Waals surface area contributed by atoms with Gasteiger partial charge in [0.05, 0.1) is 19.1 Å². The number of carboxylic acids is 1. The summed E-state index contributed by atoms with van der Waals surface area (Å²) in [5.74, 6) is -4.68. The number of aliphatic carboxylic acids is 1. The van der Waals surface area contributed by atoms with E-state index in [0.29, 0.717) is 12.8 Å². The Morgan fingerprint density at radius 3 is 1.73 bits per heavy atom. The van der Waals surface area contributed by atoms with E-state index in [4.69, 9.17) is 5.73 Å². The molecule has 0 aliphatic carbocycles. The van der Waals surface area contributed by atoms with Crippen LogP contribution >= 0.6 is 0 Å². The number of nitrogens with two attached hydrogens (primary N) is 1. The Morgan fingerprint density at radius 2 is 1.20 bits per heavy atom. The molecule has 0 saturated carbocycles. The van der Waals surface area contributed by atoms with Crippen LogP contribution in [0.15, 0.2) is 60.7 Å². The number of nitrogens with one attached hydrogen (secondary N) is 5. The van der Waals surface area contributed by atoms with Gasteiger partial charge in [0.15, 0.2) is 0 Å². The van der Waals surface area contributed by atoms with E-state index in [-0.39, 0.29) is 12.3 Å². The normalized spacial score (nSPS) is 14.1.